The van der Waals surface area contributed by atoms with Crippen LogP contribution in [0.2, 0.25) is 0 Å². The van der Waals surface area contributed by atoms with E-state index in [1.54, 1.807) is 0 Å². The molecule has 0 aromatic heterocycles. The van der Waals surface area contributed by atoms with Crippen molar-refractivity contribution in [2.45, 2.75) is 70.4 Å². The molecule has 0 heterocycles. The molecule has 5 nitrogen and oxygen atoms in total. The van der Waals surface area contributed by atoms with Crippen molar-refractivity contribution in [1.29, 1.82) is 0 Å². The molecule has 1 rings (SSSR count). The Balaban J connectivity index is 2.06. The number of ether oxygens (including phenoxy) is 3. The minimum atomic E-state index is -3.22. The molecule has 2 atom stereocenters. The number of thiol groups is 1. The molecule has 35 heavy (non-hydrogen) atoms. The first-order valence-corrected chi connectivity index (χ1v) is 12.8. The van der Waals surface area contributed by atoms with Crippen molar-refractivity contribution < 1.29 is 46.1 Å². The topological polar surface area (TPSA) is 65.0 Å². The number of hydrogen-bond donors (Lipinski definition) is 2. The molecular weight excluding hydrogens is 495 g/mol. The van der Waals surface area contributed by atoms with E-state index in [-0.39, 0.29) is 13.2 Å². The average Bonchev–Trinajstić information content (AvgIpc) is 2.84. The number of halogens is 5. The lowest BCUT2D eigenvalue weighted by Crippen LogP contribution is -2.45. The lowest BCUT2D eigenvalue weighted by molar-refractivity contribution is -0.153. The third-order valence-corrected chi connectivity index (χ3v) is 6.17. The van der Waals surface area contributed by atoms with Gasteiger partial charge in [0.15, 0.2) is 34.9 Å². The Labute approximate surface area is 209 Å². The van der Waals surface area contributed by atoms with Crippen molar-refractivity contribution >= 4 is 18.6 Å². The zero-order valence-electron chi connectivity index (χ0n) is 20.0. The highest BCUT2D eigenvalue weighted by Gasteiger charge is 2.58. The highest BCUT2D eigenvalue weighted by molar-refractivity contribution is 7.80. The van der Waals surface area contributed by atoms with E-state index in [0.29, 0.717) is 19.8 Å². The van der Waals surface area contributed by atoms with Gasteiger partial charge in [0.25, 0.3) is 0 Å². The van der Waals surface area contributed by atoms with Crippen LogP contribution in [0.4, 0.5) is 22.0 Å². The van der Waals surface area contributed by atoms with Crippen molar-refractivity contribution in [1.82, 2.24) is 0 Å². The molecule has 0 aromatic carbocycles. The monoisotopic (exact) mass is 532 g/mol. The van der Waals surface area contributed by atoms with Crippen LogP contribution in [0, 0.1) is 5.41 Å². The van der Waals surface area contributed by atoms with Gasteiger partial charge in [-0.15, -0.1) is 0 Å². The molecule has 0 spiro atoms. The Bertz CT molecular complexity index is 691. The number of aliphatic carboxylic acids is 1. The lowest BCUT2D eigenvalue weighted by Gasteiger charge is -2.32. The highest BCUT2D eigenvalue weighted by Crippen LogP contribution is 2.49. The lowest BCUT2D eigenvalue weighted by atomic mass is 9.75. The van der Waals surface area contributed by atoms with Crippen molar-refractivity contribution in [3.8, 4) is 0 Å². The predicted molar refractivity (Wildman–Crippen MR) is 126 cm³/mol. The number of carboxylic acid groups (broad SMARTS) is 1. The number of unbranched alkanes of at least 4 members (excludes halogenated alkanes) is 8. The molecule has 0 radical (unpaired) electrons. The fourth-order valence-electron chi connectivity index (χ4n) is 3.71. The van der Waals surface area contributed by atoms with Crippen LogP contribution in [-0.2, 0) is 19.0 Å². The van der Waals surface area contributed by atoms with Gasteiger partial charge < -0.3 is 19.3 Å². The van der Waals surface area contributed by atoms with E-state index >= 15 is 0 Å². The Kier molecular flexibility index (Phi) is 16.5. The van der Waals surface area contributed by atoms with E-state index in [4.69, 9.17) is 14.2 Å². The number of carbonyl (C=O) groups is 1. The van der Waals surface area contributed by atoms with Gasteiger partial charge in [0.1, 0.15) is 0 Å². The van der Waals surface area contributed by atoms with Gasteiger partial charge in [-0.1, -0.05) is 44.9 Å². The Hall–Kier alpha value is -1.17. The summed E-state index contributed by atoms with van der Waals surface area (Å²) in [4.78, 5) is 11.4. The summed E-state index contributed by atoms with van der Waals surface area (Å²) in [5, 5.41) is 9.21. The molecule has 11 heteroatoms. The van der Waals surface area contributed by atoms with E-state index in [2.05, 4.69) is 12.6 Å². The van der Waals surface area contributed by atoms with Crippen molar-refractivity contribution in [2.24, 2.45) is 5.41 Å². The number of allylic oxidation sites excluding steroid dienone is 3. The summed E-state index contributed by atoms with van der Waals surface area (Å²) < 4.78 is 84.3. The standard InChI is InChI=1S/C24H37F5O5S/c25-18-19(26)21(28)24(23(30)31,22(29)20(18)27)10-12-33-14-16-34-15-13-32-11-8-6-4-2-1-3-5-7-9-17-35/h21,35H,1-17H2,(H,30,31). The van der Waals surface area contributed by atoms with Crippen molar-refractivity contribution in [3.63, 3.8) is 0 Å². The minimum Gasteiger partial charge on any atom is -0.480 e. The summed E-state index contributed by atoms with van der Waals surface area (Å²) in [5.41, 5.74) is -3.22. The molecule has 0 bridgehead atoms. The molecule has 0 aliphatic heterocycles. The van der Waals surface area contributed by atoms with E-state index in [0.717, 1.165) is 18.6 Å². The maximum absolute atomic E-state index is 14.2. The van der Waals surface area contributed by atoms with Gasteiger partial charge >= 0.3 is 5.97 Å². The molecule has 2 unspecified atom stereocenters. The van der Waals surface area contributed by atoms with Gasteiger partial charge in [-0.05, 0) is 25.0 Å². The largest absolute Gasteiger partial charge is 0.480 e. The van der Waals surface area contributed by atoms with Gasteiger partial charge in [0.2, 0.25) is 0 Å². The Morgan fingerprint density at radius 1 is 0.743 bits per heavy atom. The maximum atomic E-state index is 14.2. The highest BCUT2D eigenvalue weighted by atomic mass is 32.1. The van der Waals surface area contributed by atoms with Crippen molar-refractivity contribution in [3.05, 3.63) is 23.3 Å². The van der Waals surface area contributed by atoms with Crippen LogP contribution in [0.5, 0.6) is 0 Å². The van der Waals surface area contributed by atoms with Gasteiger partial charge in [-0.2, -0.15) is 12.6 Å². The summed E-state index contributed by atoms with van der Waals surface area (Å²) in [5.74, 6) is -10.4. The number of alkyl halides is 1. The second kappa shape index (κ2) is 18.1. The molecule has 0 aromatic rings. The molecular formula is C24H37F5O5S. The number of hydrogen-bond acceptors (Lipinski definition) is 5. The third-order valence-electron chi connectivity index (χ3n) is 5.86. The summed E-state index contributed by atoms with van der Waals surface area (Å²) in [6.07, 6.45) is 6.69. The third kappa shape index (κ3) is 10.4. The zero-order valence-corrected chi connectivity index (χ0v) is 20.9. The van der Waals surface area contributed by atoms with Crippen LogP contribution in [0.1, 0.15) is 64.2 Å². The van der Waals surface area contributed by atoms with Crippen molar-refractivity contribution in [2.75, 3.05) is 45.4 Å². The van der Waals surface area contributed by atoms with Crippen LogP contribution in [-0.4, -0.2) is 62.6 Å². The summed E-state index contributed by atoms with van der Waals surface area (Å²) in [6, 6.07) is 0. The summed E-state index contributed by atoms with van der Waals surface area (Å²) in [6.45, 7) is 0.874. The zero-order chi connectivity index (χ0) is 26.1. The molecule has 0 fully saturated rings. The first-order valence-electron chi connectivity index (χ1n) is 12.1. The summed E-state index contributed by atoms with van der Waals surface area (Å²) in [7, 11) is 0. The van der Waals surface area contributed by atoms with Crippen LogP contribution in [0.3, 0.4) is 0 Å². The SMILES string of the molecule is O=C(O)C1(CCOCCOCCOCCCCCCCCCCCS)C(F)=C(F)C(F)=C(F)C1F. The Morgan fingerprint density at radius 3 is 1.71 bits per heavy atom. The molecule has 0 saturated heterocycles. The fourth-order valence-corrected chi connectivity index (χ4v) is 3.93. The second-order valence-electron chi connectivity index (χ2n) is 8.42. The van der Waals surface area contributed by atoms with Crippen LogP contribution >= 0.6 is 12.6 Å². The van der Waals surface area contributed by atoms with Crippen LogP contribution in [0.15, 0.2) is 23.3 Å². The maximum Gasteiger partial charge on any atom is 0.320 e. The van der Waals surface area contributed by atoms with Gasteiger partial charge in [-0.3, -0.25) is 4.79 Å². The predicted octanol–water partition coefficient (Wildman–Crippen LogP) is 6.59. The molecule has 1 aliphatic carbocycles. The van der Waals surface area contributed by atoms with Gasteiger partial charge in [0, 0.05) is 13.2 Å². The average molecular weight is 533 g/mol. The summed E-state index contributed by atoms with van der Waals surface area (Å²) >= 11 is 4.20. The van der Waals surface area contributed by atoms with E-state index in [9.17, 15) is 31.9 Å². The Morgan fingerprint density at radius 2 is 1.20 bits per heavy atom. The van der Waals surface area contributed by atoms with E-state index in [1.165, 1.54) is 44.9 Å². The molecule has 204 valence electrons. The first kappa shape index (κ1) is 31.9. The van der Waals surface area contributed by atoms with Crippen LogP contribution < -0.4 is 0 Å². The molecule has 1 aliphatic rings. The van der Waals surface area contributed by atoms with E-state index < -0.39 is 53.9 Å². The molecule has 0 amide bonds. The van der Waals surface area contributed by atoms with Crippen LogP contribution in [0.25, 0.3) is 0 Å². The van der Waals surface area contributed by atoms with Gasteiger partial charge in [0.05, 0.1) is 26.4 Å². The molecule has 0 saturated carbocycles. The molecule has 1 N–H and O–H groups in total. The quantitative estimate of drug-likeness (QED) is 0.0992. The fraction of sp³-hybridized carbons (Fsp3) is 0.792. The van der Waals surface area contributed by atoms with E-state index in [1.807, 2.05) is 0 Å². The number of rotatable bonds is 21. The normalized spacial score (nSPS) is 20.7. The minimum absolute atomic E-state index is 0.0399. The second-order valence-corrected chi connectivity index (χ2v) is 8.87. The number of carboxylic acids is 1. The first-order chi connectivity index (χ1) is 16.8. The smallest absolute Gasteiger partial charge is 0.320 e. The van der Waals surface area contributed by atoms with Gasteiger partial charge in [-0.25, -0.2) is 22.0 Å².